The molecule has 1 fully saturated rings. The van der Waals surface area contributed by atoms with Gasteiger partial charge >= 0.3 is 0 Å². The molecule has 4 heteroatoms. The Kier molecular flexibility index (Phi) is 6.52. The lowest BCUT2D eigenvalue weighted by atomic mass is 9.94. The van der Waals surface area contributed by atoms with Crippen LogP contribution >= 0.6 is 0 Å². The molecule has 0 aromatic rings. The van der Waals surface area contributed by atoms with Gasteiger partial charge in [0.05, 0.1) is 12.0 Å². The number of hydrogen-bond donors (Lipinski definition) is 3. The average Bonchev–Trinajstić information content (AvgIpc) is 2.48. The Labute approximate surface area is 104 Å². The topological polar surface area (TPSA) is 75.3 Å². The first-order valence-electron chi connectivity index (χ1n) is 6.82. The van der Waals surface area contributed by atoms with Crippen LogP contribution in [0.5, 0.6) is 0 Å². The molecule has 4 nitrogen and oxygen atoms in total. The maximum atomic E-state index is 12.0. The molecular formula is C13H26N2O2. The number of hydrogen-bond acceptors (Lipinski definition) is 3. The first kappa shape index (κ1) is 14.5. The minimum absolute atomic E-state index is 0.0101. The van der Waals surface area contributed by atoms with Crippen LogP contribution in [0.25, 0.3) is 0 Å². The van der Waals surface area contributed by atoms with Crippen LogP contribution < -0.4 is 11.1 Å². The Bertz CT molecular complexity index is 231. The van der Waals surface area contributed by atoms with Gasteiger partial charge in [0.1, 0.15) is 0 Å². The van der Waals surface area contributed by atoms with Gasteiger partial charge in [0, 0.05) is 12.6 Å². The zero-order chi connectivity index (χ0) is 12.7. The first-order chi connectivity index (χ1) is 8.11. The second kappa shape index (κ2) is 7.67. The van der Waals surface area contributed by atoms with Crippen molar-refractivity contribution < 1.29 is 9.90 Å². The van der Waals surface area contributed by atoms with Gasteiger partial charge in [-0.3, -0.25) is 4.79 Å². The molecule has 3 unspecified atom stereocenters. The lowest BCUT2D eigenvalue weighted by molar-refractivity contribution is -0.125. The minimum atomic E-state index is -0.285. The number of nitrogens with one attached hydrogen (secondary N) is 1. The van der Waals surface area contributed by atoms with E-state index < -0.39 is 0 Å². The van der Waals surface area contributed by atoms with Crippen LogP contribution in [0.1, 0.15) is 51.9 Å². The van der Waals surface area contributed by atoms with E-state index in [1.54, 1.807) is 6.92 Å². The van der Waals surface area contributed by atoms with E-state index in [-0.39, 0.29) is 24.0 Å². The zero-order valence-corrected chi connectivity index (χ0v) is 10.8. The number of aliphatic hydroxyl groups excluding tert-OH is 1. The highest BCUT2D eigenvalue weighted by molar-refractivity contribution is 5.79. The van der Waals surface area contributed by atoms with E-state index in [4.69, 9.17) is 10.8 Å². The highest BCUT2D eigenvalue weighted by Crippen LogP contribution is 2.22. The van der Waals surface area contributed by atoms with Crippen LogP contribution in [0.4, 0.5) is 0 Å². The number of carbonyl (C=O) groups excluding carboxylic acids is 1. The summed E-state index contributed by atoms with van der Waals surface area (Å²) in [6, 6.07) is 0.0225. The molecule has 100 valence electrons. The molecular weight excluding hydrogens is 216 g/mol. The molecule has 1 aliphatic rings. The van der Waals surface area contributed by atoms with Gasteiger partial charge in [-0.25, -0.2) is 0 Å². The summed E-state index contributed by atoms with van der Waals surface area (Å²) in [5, 5.41) is 12.0. The lowest BCUT2D eigenvalue weighted by Crippen LogP contribution is -2.41. The summed E-state index contributed by atoms with van der Waals surface area (Å²) in [5.41, 5.74) is 6.03. The Hall–Kier alpha value is -0.610. The summed E-state index contributed by atoms with van der Waals surface area (Å²) in [7, 11) is 0. The number of aliphatic hydroxyl groups is 1. The molecule has 3 atom stereocenters. The van der Waals surface area contributed by atoms with Gasteiger partial charge in [0.15, 0.2) is 0 Å². The standard InChI is InChI=1S/C13H26N2O2/c1-10(16)6-5-9-15-13(17)11-7-3-2-4-8-12(11)14/h10-12,16H,2-9,14H2,1H3,(H,15,17). The van der Waals surface area contributed by atoms with Gasteiger partial charge in [0.25, 0.3) is 0 Å². The molecule has 0 aromatic heterocycles. The predicted octanol–water partition coefficient (Wildman–Crippen LogP) is 1.17. The summed E-state index contributed by atoms with van der Waals surface area (Å²) in [4.78, 5) is 12.0. The van der Waals surface area contributed by atoms with E-state index >= 15 is 0 Å². The Morgan fingerprint density at radius 1 is 1.41 bits per heavy atom. The molecule has 1 amide bonds. The molecule has 1 aliphatic carbocycles. The van der Waals surface area contributed by atoms with Crippen molar-refractivity contribution >= 4 is 5.91 Å². The summed E-state index contributed by atoms with van der Waals surface area (Å²) >= 11 is 0. The molecule has 0 radical (unpaired) electrons. The second-order valence-corrected chi connectivity index (χ2v) is 5.19. The highest BCUT2D eigenvalue weighted by atomic mass is 16.3. The molecule has 1 saturated carbocycles. The molecule has 0 saturated heterocycles. The minimum Gasteiger partial charge on any atom is -0.393 e. The van der Waals surface area contributed by atoms with E-state index in [2.05, 4.69) is 5.32 Å². The van der Waals surface area contributed by atoms with Crippen molar-refractivity contribution in [2.45, 2.75) is 64.0 Å². The maximum Gasteiger partial charge on any atom is 0.224 e. The molecule has 0 heterocycles. The zero-order valence-electron chi connectivity index (χ0n) is 10.8. The third kappa shape index (κ3) is 5.50. The van der Waals surface area contributed by atoms with Crippen molar-refractivity contribution in [2.24, 2.45) is 11.7 Å². The van der Waals surface area contributed by atoms with Crippen LogP contribution in [0.3, 0.4) is 0 Å². The van der Waals surface area contributed by atoms with E-state index in [0.29, 0.717) is 6.54 Å². The molecule has 17 heavy (non-hydrogen) atoms. The molecule has 1 rings (SSSR count). The molecule has 4 N–H and O–H groups in total. The summed E-state index contributed by atoms with van der Waals surface area (Å²) in [6.45, 7) is 2.41. The van der Waals surface area contributed by atoms with Gasteiger partial charge in [0.2, 0.25) is 5.91 Å². The van der Waals surface area contributed by atoms with Crippen LogP contribution in [-0.4, -0.2) is 29.7 Å². The monoisotopic (exact) mass is 242 g/mol. The van der Waals surface area contributed by atoms with Crippen molar-refractivity contribution in [2.75, 3.05) is 6.54 Å². The van der Waals surface area contributed by atoms with Crippen LogP contribution in [-0.2, 0) is 4.79 Å². The third-order valence-corrected chi connectivity index (χ3v) is 3.50. The number of nitrogens with two attached hydrogens (primary N) is 1. The fourth-order valence-electron chi connectivity index (χ4n) is 2.40. The average molecular weight is 242 g/mol. The second-order valence-electron chi connectivity index (χ2n) is 5.19. The van der Waals surface area contributed by atoms with Crippen LogP contribution in [0.15, 0.2) is 0 Å². The number of carbonyl (C=O) groups is 1. The van der Waals surface area contributed by atoms with Crippen molar-refractivity contribution in [3.05, 3.63) is 0 Å². The lowest BCUT2D eigenvalue weighted by Gasteiger charge is -2.20. The van der Waals surface area contributed by atoms with Gasteiger partial charge < -0.3 is 16.2 Å². The van der Waals surface area contributed by atoms with Gasteiger partial charge in [-0.1, -0.05) is 19.3 Å². The number of rotatable bonds is 5. The Balaban J connectivity index is 2.25. The molecule has 0 aliphatic heterocycles. The van der Waals surface area contributed by atoms with Crippen molar-refractivity contribution in [1.29, 1.82) is 0 Å². The first-order valence-corrected chi connectivity index (χ1v) is 6.82. The normalized spacial score (nSPS) is 27.2. The van der Waals surface area contributed by atoms with Gasteiger partial charge in [-0.05, 0) is 32.6 Å². The predicted molar refractivity (Wildman–Crippen MR) is 68.5 cm³/mol. The van der Waals surface area contributed by atoms with Crippen molar-refractivity contribution in [3.63, 3.8) is 0 Å². The number of amides is 1. The van der Waals surface area contributed by atoms with E-state index in [1.165, 1.54) is 6.42 Å². The van der Waals surface area contributed by atoms with Crippen LogP contribution in [0, 0.1) is 5.92 Å². The van der Waals surface area contributed by atoms with Gasteiger partial charge in [-0.2, -0.15) is 0 Å². The van der Waals surface area contributed by atoms with Crippen LogP contribution in [0.2, 0.25) is 0 Å². The van der Waals surface area contributed by atoms with Gasteiger partial charge in [-0.15, -0.1) is 0 Å². The molecule has 0 aromatic carbocycles. The van der Waals surface area contributed by atoms with E-state index in [0.717, 1.165) is 38.5 Å². The third-order valence-electron chi connectivity index (χ3n) is 3.50. The Morgan fingerprint density at radius 2 is 2.12 bits per heavy atom. The van der Waals surface area contributed by atoms with E-state index in [9.17, 15) is 4.79 Å². The smallest absolute Gasteiger partial charge is 0.224 e. The molecule has 0 bridgehead atoms. The summed E-state index contributed by atoms with van der Waals surface area (Å²) < 4.78 is 0. The quantitative estimate of drug-likeness (QED) is 0.500. The maximum absolute atomic E-state index is 12.0. The largest absolute Gasteiger partial charge is 0.393 e. The Morgan fingerprint density at radius 3 is 2.82 bits per heavy atom. The summed E-state index contributed by atoms with van der Waals surface area (Å²) in [6.07, 6.45) is 6.61. The summed E-state index contributed by atoms with van der Waals surface area (Å²) in [5.74, 6) is 0.0917. The highest BCUT2D eigenvalue weighted by Gasteiger charge is 2.26. The van der Waals surface area contributed by atoms with Crippen molar-refractivity contribution in [1.82, 2.24) is 5.32 Å². The fourth-order valence-corrected chi connectivity index (χ4v) is 2.40. The van der Waals surface area contributed by atoms with Crippen molar-refractivity contribution in [3.8, 4) is 0 Å². The van der Waals surface area contributed by atoms with E-state index in [1.807, 2.05) is 0 Å². The SMILES string of the molecule is CC(O)CCCNC(=O)C1CCCCCC1N. The molecule has 0 spiro atoms. The fraction of sp³-hybridized carbons (Fsp3) is 0.923.